The Morgan fingerprint density at radius 1 is 1.29 bits per heavy atom. The highest BCUT2D eigenvalue weighted by molar-refractivity contribution is 7.08. The van der Waals surface area contributed by atoms with Gasteiger partial charge in [0.15, 0.2) is 5.82 Å². The van der Waals surface area contributed by atoms with Gasteiger partial charge in [-0.3, -0.25) is 4.57 Å². The van der Waals surface area contributed by atoms with Gasteiger partial charge in [-0.1, -0.05) is 0 Å². The number of anilines is 1. The second-order valence-corrected chi connectivity index (χ2v) is 4.32. The van der Waals surface area contributed by atoms with E-state index in [4.69, 9.17) is 5.73 Å². The highest BCUT2D eigenvalue weighted by Crippen LogP contribution is 2.26. The third-order valence-electron chi connectivity index (χ3n) is 2.47. The Hall–Kier alpha value is -1.95. The third-order valence-corrected chi connectivity index (χ3v) is 3.14. The number of thiophene rings is 1. The van der Waals surface area contributed by atoms with Crippen molar-refractivity contribution in [3.8, 4) is 5.69 Å². The molecule has 0 atom stereocenters. The average molecular weight is 251 g/mol. The average Bonchev–Trinajstić information content (AvgIpc) is 2.84. The smallest absolute Gasteiger partial charge is 0.206 e. The summed E-state index contributed by atoms with van der Waals surface area (Å²) in [5.74, 6) is -1.21. The van der Waals surface area contributed by atoms with Crippen molar-refractivity contribution in [1.82, 2.24) is 9.55 Å². The molecule has 3 rings (SSSR count). The van der Waals surface area contributed by atoms with Crippen molar-refractivity contribution >= 4 is 28.3 Å². The zero-order valence-electron chi connectivity index (χ0n) is 8.52. The summed E-state index contributed by atoms with van der Waals surface area (Å²) in [7, 11) is 0. The molecule has 0 unspecified atom stereocenters. The Balaban J connectivity index is 2.42. The number of nitrogens with two attached hydrogens (primary N) is 1. The molecule has 0 spiro atoms. The zero-order chi connectivity index (χ0) is 12.0. The molecule has 6 heteroatoms. The predicted molar refractivity (Wildman–Crippen MR) is 63.3 cm³/mol. The number of halogens is 2. The Morgan fingerprint density at radius 2 is 2.12 bits per heavy atom. The fourth-order valence-corrected chi connectivity index (χ4v) is 2.40. The van der Waals surface area contributed by atoms with Crippen LogP contribution in [0.15, 0.2) is 29.0 Å². The van der Waals surface area contributed by atoms with Crippen LogP contribution in [0.2, 0.25) is 0 Å². The zero-order valence-corrected chi connectivity index (χ0v) is 9.34. The lowest BCUT2D eigenvalue weighted by atomic mass is 10.3. The van der Waals surface area contributed by atoms with Gasteiger partial charge in [0.1, 0.15) is 11.3 Å². The van der Waals surface area contributed by atoms with E-state index in [2.05, 4.69) is 4.98 Å². The van der Waals surface area contributed by atoms with E-state index in [0.29, 0.717) is 5.52 Å². The number of nitrogens with zero attached hydrogens (tertiary/aromatic N) is 2. The van der Waals surface area contributed by atoms with E-state index in [1.54, 1.807) is 0 Å². The van der Waals surface area contributed by atoms with Crippen LogP contribution in [0.1, 0.15) is 0 Å². The van der Waals surface area contributed by atoms with Crippen LogP contribution in [-0.2, 0) is 0 Å². The number of hydrogen-bond acceptors (Lipinski definition) is 3. The molecule has 3 nitrogen and oxygen atoms in total. The largest absolute Gasteiger partial charge is 0.369 e. The molecule has 0 aliphatic heterocycles. The topological polar surface area (TPSA) is 43.8 Å². The van der Waals surface area contributed by atoms with E-state index in [0.717, 1.165) is 11.8 Å². The maximum Gasteiger partial charge on any atom is 0.206 e. The molecule has 2 N–H and O–H groups in total. The molecular formula is C11H7F2N3S. The summed E-state index contributed by atoms with van der Waals surface area (Å²) < 4.78 is 28.2. The van der Waals surface area contributed by atoms with E-state index >= 15 is 0 Å². The minimum atomic E-state index is -0.708. The lowest BCUT2D eigenvalue weighted by Crippen LogP contribution is -1.99. The molecule has 0 aliphatic carbocycles. The van der Waals surface area contributed by atoms with E-state index in [-0.39, 0.29) is 11.5 Å². The van der Waals surface area contributed by atoms with Gasteiger partial charge in [0.2, 0.25) is 5.95 Å². The molecule has 0 aliphatic rings. The summed E-state index contributed by atoms with van der Waals surface area (Å²) in [4.78, 5) is 3.91. The van der Waals surface area contributed by atoms with Crippen LogP contribution < -0.4 is 5.73 Å². The van der Waals surface area contributed by atoms with Gasteiger partial charge in [0, 0.05) is 17.5 Å². The second-order valence-electron chi connectivity index (χ2n) is 3.54. The van der Waals surface area contributed by atoms with Crippen LogP contribution in [-0.4, -0.2) is 9.55 Å². The van der Waals surface area contributed by atoms with Crippen LogP contribution in [0, 0.1) is 11.6 Å². The maximum absolute atomic E-state index is 13.5. The summed E-state index contributed by atoms with van der Waals surface area (Å²) in [5, 5.41) is 3.69. The van der Waals surface area contributed by atoms with Crippen LogP contribution in [0.3, 0.4) is 0 Å². The number of imidazole rings is 1. The van der Waals surface area contributed by atoms with Gasteiger partial charge in [0.05, 0.1) is 11.2 Å². The number of fused-ring (bicyclic) bond motifs is 1. The van der Waals surface area contributed by atoms with E-state index in [1.165, 1.54) is 22.0 Å². The molecule has 2 aromatic heterocycles. The SMILES string of the molecule is Nc1nc2c(F)cc(F)cc2n1-c1ccsc1. The summed E-state index contributed by atoms with van der Waals surface area (Å²) in [6.45, 7) is 0. The molecule has 0 saturated heterocycles. The second kappa shape index (κ2) is 3.53. The van der Waals surface area contributed by atoms with Crippen LogP contribution in [0.5, 0.6) is 0 Å². The summed E-state index contributed by atoms with van der Waals surface area (Å²) >= 11 is 1.47. The van der Waals surface area contributed by atoms with Crippen molar-refractivity contribution in [2.45, 2.75) is 0 Å². The highest BCUT2D eigenvalue weighted by Gasteiger charge is 2.15. The van der Waals surface area contributed by atoms with Gasteiger partial charge in [0.25, 0.3) is 0 Å². The molecule has 3 aromatic rings. The third kappa shape index (κ3) is 1.49. The maximum atomic E-state index is 13.5. The van der Waals surface area contributed by atoms with Crippen LogP contribution in [0.4, 0.5) is 14.7 Å². The first-order chi connectivity index (χ1) is 8.16. The lowest BCUT2D eigenvalue weighted by molar-refractivity contribution is 0.590. The minimum Gasteiger partial charge on any atom is -0.369 e. The fraction of sp³-hybridized carbons (Fsp3) is 0. The van der Waals surface area contributed by atoms with Gasteiger partial charge in [-0.2, -0.15) is 11.3 Å². The van der Waals surface area contributed by atoms with Crippen molar-refractivity contribution in [3.63, 3.8) is 0 Å². The lowest BCUT2D eigenvalue weighted by Gasteiger charge is -2.02. The van der Waals surface area contributed by atoms with Crippen LogP contribution >= 0.6 is 11.3 Å². The van der Waals surface area contributed by atoms with E-state index < -0.39 is 11.6 Å². The molecule has 0 bridgehead atoms. The Morgan fingerprint density at radius 3 is 2.82 bits per heavy atom. The molecule has 86 valence electrons. The van der Waals surface area contributed by atoms with Gasteiger partial charge >= 0.3 is 0 Å². The first-order valence-electron chi connectivity index (χ1n) is 4.82. The van der Waals surface area contributed by atoms with Crippen LogP contribution in [0.25, 0.3) is 16.7 Å². The first kappa shape index (κ1) is 10.2. The highest BCUT2D eigenvalue weighted by atomic mass is 32.1. The molecule has 0 radical (unpaired) electrons. The molecule has 2 heterocycles. The van der Waals surface area contributed by atoms with Crippen molar-refractivity contribution in [1.29, 1.82) is 0 Å². The Bertz CT molecular complexity index is 688. The number of hydrogen-bond donors (Lipinski definition) is 1. The molecular weight excluding hydrogens is 244 g/mol. The quantitative estimate of drug-likeness (QED) is 0.722. The molecule has 17 heavy (non-hydrogen) atoms. The normalized spacial score (nSPS) is 11.2. The summed E-state index contributed by atoms with van der Waals surface area (Å²) in [6, 6.07) is 3.83. The standard InChI is InChI=1S/C11H7F2N3S/c12-6-3-8(13)10-9(4-6)16(11(14)15-10)7-1-2-17-5-7/h1-5H,(H2,14,15). The van der Waals surface area contributed by atoms with Crippen molar-refractivity contribution in [3.05, 3.63) is 40.6 Å². The van der Waals surface area contributed by atoms with Gasteiger partial charge in [-0.05, 0) is 11.4 Å². The molecule has 0 saturated carbocycles. The number of aromatic nitrogens is 2. The number of rotatable bonds is 1. The predicted octanol–water partition coefficient (Wildman–Crippen LogP) is 2.95. The Kier molecular flexibility index (Phi) is 2.12. The van der Waals surface area contributed by atoms with Gasteiger partial charge < -0.3 is 5.73 Å². The van der Waals surface area contributed by atoms with Crippen molar-refractivity contribution < 1.29 is 8.78 Å². The monoisotopic (exact) mass is 251 g/mol. The molecule has 0 amide bonds. The molecule has 1 aromatic carbocycles. The Labute approximate surface area is 99.1 Å². The fourth-order valence-electron chi connectivity index (χ4n) is 1.78. The van der Waals surface area contributed by atoms with Crippen molar-refractivity contribution in [2.75, 3.05) is 5.73 Å². The number of nitrogen functional groups attached to an aromatic ring is 1. The van der Waals surface area contributed by atoms with E-state index in [1.807, 2.05) is 16.8 Å². The number of benzene rings is 1. The first-order valence-corrected chi connectivity index (χ1v) is 5.76. The van der Waals surface area contributed by atoms with E-state index in [9.17, 15) is 8.78 Å². The van der Waals surface area contributed by atoms with Crippen molar-refractivity contribution in [2.24, 2.45) is 0 Å². The molecule has 0 fully saturated rings. The van der Waals surface area contributed by atoms with Gasteiger partial charge in [-0.25, -0.2) is 13.8 Å². The van der Waals surface area contributed by atoms with Gasteiger partial charge in [-0.15, -0.1) is 0 Å². The minimum absolute atomic E-state index is 0.0788. The summed E-state index contributed by atoms with van der Waals surface area (Å²) in [5.41, 5.74) is 6.89. The summed E-state index contributed by atoms with van der Waals surface area (Å²) in [6.07, 6.45) is 0.